The van der Waals surface area contributed by atoms with Crippen LogP contribution >= 0.6 is 12.4 Å². The molecule has 1 aliphatic rings. The topological polar surface area (TPSA) is 29.1 Å². The van der Waals surface area contributed by atoms with Crippen molar-refractivity contribution < 1.29 is 4.79 Å². The number of nitrogens with one attached hydrogen (secondary N) is 1. The zero-order chi connectivity index (χ0) is 8.70. The predicted octanol–water partition coefficient (Wildman–Crippen LogP) is 1.78. The number of rotatable bonds is 0. The Morgan fingerprint density at radius 3 is 2.08 bits per heavy atom. The summed E-state index contributed by atoms with van der Waals surface area (Å²) in [6.07, 6.45) is 0.954. The second-order valence-electron chi connectivity index (χ2n) is 4.51. The summed E-state index contributed by atoms with van der Waals surface area (Å²) in [7, 11) is 0. The molecule has 0 aromatic carbocycles. The molecule has 0 aromatic heterocycles. The van der Waals surface area contributed by atoms with E-state index in [2.05, 4.69) is 5.32 Å². The Balaban J connectivity index is 0.00000121. The van der Waals surface area contributed by atoms with E-state index in [-0.39, 0.29) is 23.4 Å². The van der Waals surface area contributed by atoms with Crippen LogP contribution in [0.15, 0.2) is 0 Å². The number of hydrogen-bond donors (Lipinski definition) is 1. The van der Waals surface area contributed by atoms with Crippen molar-refractivity contribution >= 4 is 18.2 Å². The third kappa shape index (κ3) is 1.99. The van der Waals surface area contributed by atoms with Crippen LogP contribution in [0.3, 0.4) is 0 Å². The van der Waals surface area contributed by atoms with Crippen molar-refractivity contribution in [2.75, 3.05) is 6.54 Å². The fourth-order valence-corrected chi connectivity index (χ4v) is 1.73. The number of Topliss-reactive ketones (excluding diaryl/α,β-unsaturated/α-hetero) is 1. The first-order chi connectivity index (χ1) is 4.86. The Labute approximate surface area is 80.5 Å². The molecule has 0 atom stereocenters. The van der Waals surface area contributed by atoms with E-state index in [0.717, 1.165) is 13.0 Å². The van der Waals surface area contributed by atoms with Gasteiger partial charge in [-0.3, -0.25) is 4.79 Å². The van der Waals surface area contributed by atoms with Crippen LogP contribution in [0.5, 0.6) is 0 Å². The highest BCUT2D eigenvalue weighted by Gasteiger charge is 2.41. The Morgan fingerprint density at radius 1 is 1.25 bits per heavy atom. The van der Waals surface area contributed by atoms with Gasteiger partial charge in [0.25, 0.3) is 0 Å². The summed E-state index contributed by atoms with van der Waals surface area (Å²) < 4.78 is 0. The lowest BCUT2D eigenvalue weighted by Gasteiger charge is -2.39. The molecule has 1 N–H and O–H groups in total. The van der Waals surface area contributed by atoms with Crippen LogP contribution in [0.25, 0.3) is 0 Å². The molecule has 0 aliphatic carbocycles. The molecule has 1 aliphatic heterocycles. The molecule has 0 amide bonds. The number of halogens is 1. The molecule has 0 spiro atoms. The highest BCUT2D eigenvalue weighted by Crippen LogP contribution is 2.30. The summed E-state index contributed by atoms with van der Waals surface area (Å²) in [5, 5.41) is 3.21. The molecule has 12 heavy (non-hydrogen) atoms. The van der Waals surface area contributed by atoms with Crippen LogP contribution in [0.1, 0.15) is 34.1 Å². The molecule has 1 rings (SSSR count). The average molecular weight is 192 g/mol. The molecule has 72 valence electrons. The van der Waals surface area contributed by atoms with Crippen LogP contribution < -0.4 is 5.32 Å². The number of carbonyl (C=O) groups is 1. The molecule has 0 radical (unpaired) electrons. The van der Waals surface area contributed by atoms with Gasteiger partial charge in [-0.15, -0.1) is 12.4 Å². The van der Waals surface area contributed by atoms with Gasteiger partial charge >= 0.3 is 0 Å². The van der Waals surface area contributed by atoms with Crippen molar-refractivity contribution in [1.82, 2.24) is 5.32 Å². The van der Waals surface area contributed by atoms with Gasteiger partial charge in [0.15, 0.2) is 5.78 Å². The summed E-state index contributed by atoms with van der Waals surface area (Å²) in [6, 6.07) is 0. The van der Waals surface area contributed by atoms with Crippen molar-refractivity contribution in [3.63, 3.8) is 0 Å². The normalized spacial score (nSPS) is 26.2. The molecular formula is C9H18ClNO. The van der Waals surface area contributed by atoms with Crippen molar-refractivity contribution in [3.8, 4) is 0 Å². The highest BCUT2D eigenvalue weighted by molar-refractivity contribution is 5.92. The fourth-order valence-electron chi connectivity index (χ4n) is 1.73. The quantitative estimate of drug-likeness (QED) is 0.633. The van der Waals surface area contributed by atoms with Gasteiger partial charge in [0, 0.05) is 5.41 Å². The Bertz CT molecular complexity index is 169. The van der Waals surface area contributed by atoms with Crippen LogP contribution in [-0.4, -0.2) is 17.9 Å². The van der Waals surface area contributed by atoms with Crippen molar-refractivity contribution in [2.45, 2.75) is 39.7 Å². The Morgan fingerprint density at radius 2 is 1.75 bits per heavy atom. The van der Waals surface area contributed by atoms with E-state index in [1.54, 1.807) is 0 Å². The molecule has 3 heteroatoms. The lowest BCUT2D eigenvalue weighted by Crippen LogP contribution is -2.57. The zero-order valence-corrected chi connectivity index (χ0v) is 9.05. The fraction of sp³-hybridized carbons (Fsp3) is 0.889. The minimum Gasteiger partial charge on any atom is -0.305 e. The van der Waals surface area contributed by atoms with Gasteiger partial charge in [-0.25, -0.2) is 0 Å². The SMILES string of the molecule is CC1(C)CCNC(C)(C)C1=O.Cl. The van der Waals surface area contributed by atoms with Gasteiger partial charge in [-0.05, 0) is 26.8 Å². The van der Waals surface area contributed by atoms with Crippen LogP contribution in [0.2, 0.25) is 0 Å². The molecule has 1 fully saturated rings. The van der Waals surface area contributed by atoms with Crippen molar-refractivity contribution in [1.29, 1.82) is 0 Å². The van der Waals surface area contributed by atoms with E-state index >= 15 is 0 Å². The molecule has 1 saturated heterocycles. The van der Waals surface area contributed by atoms with E-state index in [9.17, 15) is 4.79 Å². The van der Waals surface area contributed by atoms with Gasteiger partial charge in [0.1, 0.15) is 0 Å². The third-order valence-electron chi connectivity index (χ3n) is 2.50. The van der Waals surface area contributed by atoms with Gasteiger partial charge < -0.3 is 5.32 Å². The third-order valence-corrected chi connectivity index (χ3v) is 2.50. The largest absolute Gasteiger partial charge is 0.305 e. The van der Waals surface area contributed by atoms with Gasteiger partial charge in [-0.2, -0.15) is 0 Å². The second-order valence-corrected chi connectivity index (χ2v) is 4.51. The van der Waals surface area contributed by atoms with Crippen molar-refractivity contribution in [3.05, 3.63) is 0 Å². The van der Waals surface area contributed by atoms with Gasteiger partial charge in [-0.1, -0.05) is 13.8 Å². The number of ketones is 1. The molecule has 0 saturated carbocycles. The maximum atomic E-state index is 11.7. The number of hydrogen-bond acceptors (Lipinski definition) is 2. The molecular weight excluding hydrogens is 174 g/mol. The monoisotopic (exact) mass is 191 g/mol. The smallest absolute Gasteiger partial charge is 0.157 e. The van der Waals surface area contributed by atoms with Gasteiger partial charge in [0.05, 0.1) is 5.54 Å². The summed E-state index contributed by atoms with van der Waals surface area (Å²) in [5.74, 6) is 0.330. The first-order valence-corrected chi connectivity index (χ1v) is 4.16. The minimum atomic E-state index is -0.318. The maximum Gasteiger partial charge on any atom is 0.157 e. The lowest BCUT2D eigenvalue weighted by molar-refractivity contribution is -0.135. The van der Waals surface area contributed by atoms with Crippen LogP contribution in [0, 0.1) is 5.41 Å². The minimum absolute atomic E-state index is 0. The number of piperidine rings is 1. The summed E-state index contributed by atoms with van der Waals surface area (Å²) in [4.78, 5) is 11.7. The lowest BCUT2D eigenvalue weighted by atomic mass is 9.73. The highest BCUT2D eigenvalue weighted by atomic mass is 35.5. The first kappa shape index (κ1) is 11.9. The van der Waals surface area contributed by atoms with E-state index in [0.29, 0.717) is 5.78 Å². The predicted molar refractivity (Wildman–Crippen MR) is 52.7 cm³/mol. The zero-order valence-electron chi connectivity index (χ0n) is 8.23. The summed E-state index contributed by atoms with van der Waals surface area (Å²) in [5.41, 5.74) is -0.448. The molecule has 1 heterocycles. The van der Waals surface area contributed by atoms with E-state index in [4.69, 9.17) is 0 Å². The number of carbonyl (C=O) groups excluding carboxylic acids is 1. The molecule has 0 bridgehead atoms. The van der Waals surface area contributed by atoms with Crippen LogP contribution in [0.4, 0.5) is 0 Å². The van der Waals surface area contributed by atoms with E-state index < -0.39 is 0 Å². The van der Waals surface area contributed by atoms with E-state index in [1.807, 2.05) is 27.7 Å². The first-order valence-electron chi connectivity index (χ1n) is 4.16. The second kappa shape index (κ2) is 3.35. The Hall–Kier alpha value is -0.0800. The molecule has 2 nitrogen and oxygen atoms in total. The standard InChI is InChI=1S/C9H17NO.ClH/c1-8(2)5-6-10-9(3,4)7(8)11;/h10H,5-6H2,1-4H3;1H. The summed E-state index contributed by atoms with van der Waals surface area (Å²) in [6.45, 7) is 8.91. The molecule has 0 unspecified atom stereocenters. The Kier molecular flexibility index (Phi) is 3.32. The van der Waals surface area contributed by atoms with Crippen molar-refractivity contribution in [2.24, 2.45) is 5.41 Å². The molecule has 0 aromatic rings. The van der Waals surface area contributed by atoms with Crippen LogP contribution in [-0.2, 0) is 4.79 Å². The van der Waals surface area contributed by atoms with Gasteiger partial charge in [0.2, 0.25) is 0 Å². The summed E-state index contributed by atoms with van der Waals surface area (Å²) >= 11 is 0. The maximum absolute atomic E-state index is 11.7. The van der Waals surface area contributed by atoms with E-state index in [1.165, 1.54) is 0 Å². The average Bonchev–Trinajstić information content (AvgIpc) is 1.82.